The van der Waals surface area contributed by atoms with Gasteiger partial charge in [0, 0.05) is 17.3 Å². The Bertz CT molecular complexity index is 1080. The van der Waals surface area contributed by atoms with Crippen LogP contribution in [0.1, 0.15) is 76.0 Å². The minimum Gasteiger partial charge on any atom is -0.452 e. The second-order valence-corrected chi connectivity index (χ2v) is 10.8. The molecule has 7 nitrogen and oxygen atoms in total. The number of carbonyl (C=O) groups is 1. The molecule has 0 aliphatic heterocycles. The Morgan fingerprint density at radius 3 is 2.39 bits per heavy atom. The standard InChI is InChI=1S/C22H30FN3O4S/c1-12(2)17-9-16(23)10-18(13(3)14-6-7-14)20(17)25-21(27)26-31(24,29)19-8-15(11-30-19)22(4,5)28/h8-14,28H,6-7H2,1-5H3,(H3,24,25,26,27,29). The molecule has 170 valence electrons. The average Bonchev–Trinajstić information content (AvgIpc) is 3.35. The molecule has 4 N–H and O–H groups in total. The predicted octanol–water partition coefficient (Wildman–Crippen LogP) is 5.43. The zero-order chi connectivity index (χ0) is 23.1. The Morgan fingerprint density at radius 1 is 1.26 bits per heavy atom. The third-order valence-electron chi connectivity index (χ3n) is 5.65. The van der Waals surface area contributed by atoms with E-state index < -0.39 is 21.5 Å². The van der Waals surface area contributed by atoms with Gasteiger partial charge in [-0.15, -0.1) is 0 Å². The third kappa shape index (κ3) is 5.27. The smallest absolute Gasteiger partial charge is 0.332 e. The van der Waals surface area contributed by atoms with Gasteiger partial charge in [0.1, 0.15) is 5.82 Å². The van der Waals surface area contributed by atoms with Crippen LogP contribution in [0.2, 0.25) is 0 Å². The fourth-order valence-corrected chi connectivity index (χ4v) is 4.46. The van der Waals surface area contributed by atoms with Crippen molar-refractivity contribution in [3.63, 3.8) is 0 Å². The van der Waals surface area contributed by atoms with E-state index in [9.17, 15) is 18.5 Å². The summed E-state index contributed by atoms with van der Waals surface area (Å²) in [6.45, 7) is 8.86. The SMILES string of the molecule is CC(C)c1cc(F)cc(C(C)C2CC2)c1NC(=O)NS(=N)(=O)c1cc(C(C)(C)O)co1. The molecule has 3 rings (SSSR count). The number of halogens is 1. The molecule has 2 unspecified atom stereocenters. The van der Waals surface area contributed by atoms with E-state index in [-0.39, 0.29) is 22.7 Å². The van der Waals surface area contributed by atoms with Gasteiger partial charge in [0.2, 0.25) is 5.09 Å². The number of benzene rings is 1. The molecule has 2 atom stereocenters. The maximum absolute atomic E-state index is 14.3. The number of carbonyl (C=O) groups excluding carboxylic acids is 1. The normalized spacial score (nSPS) is 17.3. The first-order valence-corrected chi connectivity index (χ1v) is 11.9. The highest BCUT2D eigenvalue weighted by atomic mass is 32.2. The molecule has 1 aliphatic rings. The lowest BCUT2D eigenvalue weighted by Gasteiger charge is -2.22. The van der Waals surface area contributed by atoms with Crippen LogP contribution >= 0.6 is 0 Å². The molecule has 2 amide bonds. The van der Waals surface area contributed by atoms with Crippen LogP contribution in [0, 0.1) is 16.5 Å². The van der Waals surface area contributed by atoms with Crippen molar-refractivity contribution in [1.82, 2.24) is 4.72 Å². The van der Waals surface area contributed by atoms with Crippen molar-refractivity contribution in [2.45, 2.75) is 70.0 Å². The number of amides is 2. The zero-order valence-electron chi connectivity index (χ0n) is 18.4. The summed E-state index contributed by atoms with van der Waals surface area (Å²) in [5.41, 5.74) is 0.913. The van der Waals surface area contributed by atoms with E-state index in [0.717, 1.165) is 12.8 Å². The number of hydrogen-bond acceptors (Lipinski definition) is 5. The summed E-state index contributed by atoms with van der Waals surface area (Å²) in [5, 5.41) is 12.5. The van der Waals surface area contributed by atoms with Crippen molar-refractivity contribution in [1.29, 1.82) is 4.78 Å². The van der Waals surface area contributed by atoms with E-state index in [1.165, 1.54) is 38.3 Å². The molecule has 1 saturated carbocycles. The Labute approximate surface area is 182 Å². The number of aliphatic hydroxyl groups is 1. The lowest BCUT2D eigenvalue weighted by Crippen LogP contribution is -2.34. The van der Waals surface area contributed by atoms with Gasteiger partial charge < -0.3 is 14.8 Å². The molecule has 1 fully saturated rings. The van der Waals surface area contributed by atoms with E-state index >= 15 is 0 Å². The summed E-state index contributed by atoms with van der Waals surface area (Å²) < 4.78 is 42.5. The summed E-state index contributed by atoms with van der Waals surface area (Å²) in [4.78, 5) is 12.7. The van der Waals surface area contributed by atoms with Gasteiger partial charge >= 0.3 is 6.03 Å². The first-order valence-electron chi connectivity index (χ1n) is 10.3. The van der Waals surface area contributed by atoms with Gasteiger partial charge in [0.15, 0.2) is 9.92 Å². The minimum atomic E-state index is -3.81. The van der Waals surface area contributed by atoms with Crippen molar-refractivity contribution < 1.29 is 22.9 Å². The van der Waals surface area contributed by atoms with Crippen molar-refractivity contribution in [3.05, 3.63) is 47.0 Å². The molecule has 31 heavy (non-hydrogen) atoms. The fourth-order valence-electron chi connectivity index (χ4n) is 3.57. The predicted molar refractivity (Wildman–Crippen MR) is 117 cm³/mol. The second-order valence-electron chi connectivity index (χ2n) is 9.07. The number of furan rings is 1. The summed E-state index contributed by atoms with van der Waals surface area (Å²) >= 11 is 0. The van der Waals surface area contributed by atoms with Crippen LogP contribution in [0.15, 0.2) is 34.0 Å². The van der Waals surface area contributed by atoms with Crippen LogP contribution in [0.3, 0.4) is 0 Å². The summed E-state index contributed by atoms with van der Waals surface area (Å²) in [6.07, 6.45) is 3.32. The van der Waals surface area contributed by atoms with Crippen molar-refractivity contribution in [3.8, 4) is 0 Å². The number of urea groups is 1. The van der Waals surface area contributed by atoms with Gasteiger partial charge in [0.05, 0.1) is 11.9 Å². The molecule has 0 bridgehead atoms. The van der Waals surface area contributed by atoms with E-state index in [1.54, 1.807) is 0 Å². The summed E-state index contributed by atoms with van der Waals surface area (Å²) in [5.74, 6) is 0.0737. The lowest BCUT2D eigenvalue weighted by atomic mass is 9.89. The first-order chi connectivity index (χ1) is 14.3. The highest BCUT2D eigenvalue weighted by Crippen LogP contribution is 2.46. The van der Waals surface area contributed by atoms with Crippen molar-refractivity contribution in [2.24, 2.45) is 5.92 Å². The number of hydrogen-bond donors (Lipinski definition) is 4. The maximum atomic E-state index is 14.3. The molecule has 2 aromatic rings. The quantitative estimate of drug-likeness (QED) is 0.449. The first kappa shape index (κ1) is 23.3. The van der Waals surface area contributed by atoms with Crippen LogP contribution in [-0.2, 0) is 15.5 Å². The van der Waals surface area contributed by atoms with E-state index in [1.807, 2.05) is 20.8 Å². The molecule has 9 heteroatoms. The van der Waals surface area contributed by atoms with Crippen molar-refractivity contribution in [2.75, 3.05) is 5.32 Å². The Hall–Kier alpha value is -2.39. The third-order valence-corrected chi connectivity index (χ3v) is 6.90. The van der Waals surface area contributed by atoms with Gasteiger partial charge in [-0.25, -0.2) is 22.9 Å². The maximum Gasteiger partial charge on any atom is 0.332 e. The van der Waals surface area contributed by atoms with Crippen LogP contribution in [0.5, 0.6) is 0 Å². The van der Waals surface area contributed by atoms with Crippen LogP contribution in [-0.4, -0.2) is 15.3 Å². The molecule has 0 radical (unpaired) electrons. The van der Waals surface area contributed by atoms with E-state index in [4.69, 9.17) is 9.20 Å². The zero-order valence-corrected chi connectivity index (χ0v) is 19.2. The molecule has 1 aromatic carbocycles. The Morgan fingerprint density at radius 2 is 1.87 bits per heavy atom. The Balaban J connectivity index is 1.88. The summed E-state index contributed by atoms with van der Waals surface area (Å²) in [7, 11) is -3.81. The van der Waals surface area contributed by atoms with Gasteiger partial charge in [-0.2, -0.15) is 0 Å². The highest BCUT2D eigenvalue weighted by molar-refractivity contribution is 7.91. The topological polar surface area (TPSA) is 115 Å². The monoisotopic (exact) mass is 451 g/mol. The van der Waals surface area contributed by atoms with E-state index in [2.05, 4.69) is 10.0 Å². The van der Waals surface area contributed by atoms with Gasteiger partial charge in [-0.3, -0.25) is 0 Å². The molecule has 1 aromatic heterocycles. The number of nitrogens with one attached hydrogen (secondary N) is 3. The fraction of sp³-hybridized carbons (Fsp3) is 0.500. The van der Waals surface area contributed by atoms with Gasteiger partial charge in [-0.05, 0) is 67.7 Å². The largest absolute Gasteiger partial charge is 0.452 e. The lowest BCUT2D eigenvalue weighted by molar-refractivity contribution is 0.0779. The average molecular weight is 452 g/mol. The van der Waals surface area contributed by atoms with Gasteiger partial charge in [0.25, 0.3) is 0 Å². The Kier molecular flexibility index (Phi) is 6.21. The molecule has 1 heterocycles. The highest BCUT2D eigenvalue weighted by Gasteiger charge is 2.32. The van der Waals surface area contributed by atoms with Crippen molar-refractivity contribution >= 4 is 21.6 Å². The van der Waals surface area contributed by atoms with Crippen LogP contribution < -0.4 is 10.0 Å². The number of rotatable bonds is 7. The minimum absolute atomic E-state index is 0.0586. The second kappa shape index (κ2) is 8.27. The molecular weight excluding hydrogens is 421 g/mol. The number of anilines is 1. The van der Waals surface area contributed by atoms with Gasteiger partial charge in [-0.1, -0.05) is 20.8 Å². The summed E-state index contributed by atoms with van der Waals surface area (Å²) in [6, 6.07) is 3.26. The van der Waals surface area contributed by atoms with Crippen LogP contribution in [0.25, 0.3) is 0 Å². The molecule has 1 aliphatic carbocycles. The molecule has 0 saturated heterocycles. The van der Waals surface area contributed by atoms with Crippen LogP contribution in [0.4, 0.5) is 14.9 Å². The van der Waals surface area contributed by atoms with E-state index in [0.29, 0.717) is 28.3 Å². The molecular formula is C22H30FN3O4S. The molecule has 0 spiro atoms.